The zero-order valence-electron chi connectivity index (χ0n) is 11.4. The summed E-state index contributed by atoms with van der Waals surface area (Å²) in [6.07, 6.45) is 2.43. The van der Waals surface area contributed by atoms with E-state index < -0.39 is 11.6 Å². The molecular formula is C17H17BrF2. The molecule has 0 saturated carbocycles. The van der Waals surface area contributed by atoms with E-state index >= 15 is 0 Å². The molecule has 0 N–H and O–H groups in total. The van der Waals surface area contributed by atoms with Crippen molar-refractivity contribution in [1.82, 2.24) is 0 Å². The summed E-state index contributed by atoms with van der Waals surface area (Å²) in [7, 11) is 0. The normalized spacial score (nSPS) is 12.4. The molecule has 0 fully saturated rings. The Labute approximate surface area is 127 Å². The van der Waals surface area contributed by atoms with Gasteiger partial charge in [-0.1, -0.05) is 51.8 Å². The van der Waals surface area contributed by atoms with Crippen LogP contribution in [-0.2, 0) is 12.8 Å². The average Bonchev–Trinajstić information content (AvgIpc) is 2.40. The van der Waals surface area contributed by atoms with Crippen molar-refractivity contribution in [2.75, 3.05) is 0 Å². The molecule has 2 aromatic carbocycles. The molecule has 0 aromatic heterocycles. The Morgan fingerprint density at radius 3 is 2.60 bits per heavy atom. The summed E-state index contributed by atoms with van der Waals surface area (Å²) >= 11 is 3.58. The van der Waals surface area contributed by atoms with Gasteiger partial charge in [-0.15, -0.1) is 0 Å². The van der Waals surface area contributed by atoms with Crippen molar-refractivity contribution >= 4 is 15.9 Å². The number of hydrogen-bond acceptors (Lipinski definition) is 0. The minimum atomic E-state index is -0.530. The molecule has 0 amide bonds. The monoisotopic (exact) mass is 338 g/mol. The Morgan fingerprint density at radius 1 is 1.10 bits per heavy atom. The fourth-order valence-corrected chi connectivity index (χ4v) is 2.80. The van der Waals surface area contributed by atoms with Crippen LogP contribution < -0.4 is 0 Å². The molecule has 0 radical (unpaired) electrons. The van der Waals surface area contributed by atoms with E-state index in [4.69, 9.17) is 0 Å². The summed E-state index contributed by atoms with van der Waals surface area (Å²) in [4.78, 5) is 0.183. The van der Waals surface area contributed by atoms with Crippen LogP contribution in [0.5, 0.6) is 0 Å². The van der Waals surface area contributed by atoms with Crippen LogP contribution in [0, 0.1) is 18.6 Å². The topological polar surface area (TPSA) is 0 Å². The highest BCUT2D eigenvalue weighted by Gasteiger charge is 2.10. The molecule has 0 aliphatic rings. The maximum Gasteiger partial charge on any atom is 0.129 e. The van der Waals surface area contributed by atoms with E-state index in [1.807, 2.05) is 6.07 Å². The van der Waals surface area contributed by atoms with Crippen LogP contribution in [0.15, 0.2) is 42.5 Å². The zero-order chi connectivity index (χ0) is 14.5. The molecule has 0 aliphatic heterocycles. The maximum atomic E-state index is 13.6. The molecule has 0 spiro atoms. The van der Waals surface area contributed by atoms with Crippen LogP contribution in [0.3, 0.4) is 0 Å². The lowest BCUT2D eigenvalue weighted by atomic mass is 10.0. The number of aryl methyl sites for hydroxylation is 2. The van der Waals surface area contributed by atoms with Crippen molar-refractivity contribution in [3.63, 3.8) is 0 Å². The molecule has 1 atom stereocenters. The van der Waals surface area contributed by atoms with Crippen LogP contribution >= 0.6 is 15.9 Å². The second-order valence-electron chi connectivity index (χ2n) is 5.06. The van der Waals surface area contributed by atoms with E-state index in [9.17, 15) is 8.78 Å². The summed E-state index contributed by atoms with van der Waals surface area (Å²) < 4.78 is 26.4. The van der Waals surface area contributed by atoms with Gasteiger partial charge in [0.1, 0.15) is 11.6 Å². The highest BCUT2D eigenvalue weighted by Crippen LogP contribution is 2.19. The average molecular weight is 339 g/mol. The lowest BCUT2D eigenvalue weighted by Crippen LogP contribution is -2.06. The van der Waals surface area contributed by atoms with Gasteiger partial charge in [0, 0.05) is 10.9 Å². The summed E-state index contributed by atoms with van der Waals surface area (Å²) in [6.45, 7) is 2.07. The fraction of sp³-hybridized carbons (Fsp3) is 0.294. The van der Waals surface area contributed by atoms with Gasteiger partial charge in [-0.3, -0.25) is 0 Å². The van der Waals surface area contributed by atoms with Gasteiger partial charge in [0.05, 0.1) is 0 Å². The molecule has 0 heterocycles. The van der Waals surface area contributed by atoms with Crippen LogP contribution in [-0.4, -0.2) is 4.83 Å². The summed E-state index contributed by atoms with van der Waals surface area (Å²) in [5, 5.41) is 0. The molecule has 3 heteroatoms. The van der Waals surface area contributed by atoms with Gasteiger partial charge < -0.3 is 0 Å². The summed E-state index contributed by atoms with van der Waals surface area (Å²) in [5.41, 5.74) is 3.09. The van der Waals surface area contributed by atoms with Gasteiger partial charge in [0.15, 0.2) is 0 Å². The molecule has 2 rings (SSSR count). The van der Waals surface area contributed by atoms with Gasteiger partial charge in [-0.25, -0.2) is 8.78 Å². The smallest absolute Gasteiger partial charge is 0.129 e. The third-order valence-corrected chi connectivity index (χ3v) is 4.07. The zero-order valence-corrected chi connectivity index (χ0v) is 13.0. The number of hydrogen-bond donors (Lipinski definition) is 0. The second kappa shape index (κ2) is 6.98. The van der Waals surface area contributed by atoms with Crippen molar-refractivity contribution in [2.45, 2.75) is 31.0 Å². The summed E-state index contributed by atoms with van der Waals surface area (Å²) in [5.74, 6) is -0.998. The third kappa shape index (κ3) is 4.41. The first kappa shape index (κ1) is 15.2. The minimum Gasteiger partial charge on any atom is -0.207 e. The quantitative estimate of drug-likeness (QED) is 0.656. The van der Waals surface area contributed by atoms with Crippen molar-refractivity contribution in [3.05, 3.63) is 70.8 Å². The SMILES string of the molecule is Cc1cccc(CCC(Br)Cc2ccc(F)cc2F)c1. The Kier molecular flexibility index (Phi) is 5.30. The number of rotatable bonds is 5. The van der Waals surface area contributed by atoms with Crippen molar-refractivity contribution in [1.29, 1.82) is 0 Å². The largest absolute Gasteiger partial charge is 0.207 e. The lowest BCUT2D eigenvalue weighted by molar-refractivity contribution is 0.569. The van der Waals surface area contributed by atoms with E-state index in [1.54, 1.807) is 0 Å². The molecule has 20 heavy (non-hydrogen) atoms. The molecule has 0 aliphatic carbocycles. The Hall–Kier alpha value is -1.22. The number of halogens is 3. The van der Waals surface area contributed by atoms with E-state index in [0.29, 0.717) is 12.0 Å². The Bertz CT molecular complexity index is 581. The highest BCUT2D eigenvalue weighted by atomic mass is 79.9. The van der Waals surface area contributed by atoms with Crippen LogP contribution in [0.1, 0.15) is 23.1 Å². The Morgan fingerprint density at radius 2 is 1.90 bits per heavy atom. The number of benzene rings is 2. The molecular weight excluding hydrogens is 322 g/mol. The van der Waals surface area contributed by atoms with Gasteiger partial charge in [0.2, 0.25) is 0 Å². The molecule has 106 valence electrons. The highest BCUT2D eigenvalue weighted by molar-refractivity contribution is 9.09. The molecule has 1 unspecified atom stereocenters. The maximum absolute atomic E-state index is 13.6. The number of alkyl halides is 1. The van der Waals surface area contributed by atoms with Crippen molar-refractivity contribution in [3.8, 4) is 0 Å². The van der Waals surface area contributed by atoms with Crippen LogP contribution in [0.4, 0.5) is 8.78 Å². The molecule has 0 saturated heterocycles. The summed E-state index contributed by atoms with van der Waals surface area (Å²) in [6, 6.07) is 12.2. The Balaban J connectivity index is 1.90. The van der Waals surface area contributed by atoms with Gasteiger partial charge in [-0.2, -0.15) is 0 Å². The predicted octanol–water partition coefficient (Wildman–Crippen LogP) is 5.21. The molecule has 0 bridgehead atoms. The van der Waals surface area contributed by atoms with Crippen molar-refractivity contribution in [2.24, 2.45) is 0 Å². The van der Waals surface area contributed by atoms with Gasteiger partial charge >= 0.3 is 0 Å². The van der Waals surface area contributed by atoms with Crippen molar-refractivity contribution < 1.29 is 8.78 Å². The minimum absolute atomic E-state index is 0.183. The van der Waals surface area contributed by atoms with Crippen LogP contribution in [0.25, 0.3) is 0 Å². The van der Waals surface area contributed by atoms with E-state index in [-0.39, 0.29) is 4.83 Å². The van der Waals surface area contributed by atoms with E-state index in [2.05, 4.69) is 41.1 Å². The predicted molar refractivity (Wildman–Crippen MR) is 82.3 cm³/mol. The standard InChI is InChI=1S/C17H17BrF2/c1-12-3-2-4-13(9-12)5-7-15(18)10-14-6-8-16(19)11-17(14)20/h2-4,6,8-9,11,15H,5,7,10H2,1H3. The van der Waals surface area contributed by atoms with E-state index in [0.717, 1.165) is 18.9 Å². The first-order valence-electron chi connectivity index (χ1n) is 6.68. The third-order valence-electron chi connectivity index (χ3n) is 3.29. The fourth-order valence-electron chi connectivity index (χ4n) is 2.22. The van der Waals surface area contributed by atoms with Gasteiger partial charge in [-0.05, 0) is 43.4 Å². The first-order valence-corrected chi connectivity index (χ1v) is 7.59. The molecule has 2 aromatic rings. The lowest BCUT2D eigenvalue weighted by Gasteiger charge is -2.11. The second-order valence-corrected chi connectivity index (χ2v) is 6.36. The molecule has 0 nitrogen and oxygen atoms in total. The van der Waals surface area contributed by atoms with Crippen LogP contribution in [0.2, 0.25) is 0 Å². The first-order chi connectivity index (χ1) is 9.54. The van der Waals surface area contributed by atoms with Gasteiger partial charge in [0.25, 0.3) is 0 Å². The van der Waals surface area contributed by atoms with E-state index in [1.165, 1.54) is 23.3 Å².